The number of carbonyl (C=O) groups excluding carboxylic acids is 1. The van der Waals surface area contributed by atoms with E-state index in [1.807, 2.05) is 12.1 Å². The number of hydrogen-bond acceptors (Lipinski definition) is 2. The lowest BCUT2D eigenvalue weighted by Gasteiger charge is -1.98. The molecule has 100 valence electrons. The maximum absolute atomic E-state index is 12.8. The zero-order chi connectivity index (χ0) is 13.9. The van der Waals surface area contributed by atoms with Gasteiger partial charge in [0.15, 0.2) is 0 Å². The van der Waals surface area contributed by atoms with Crippen molar-refractivity contribution in [3.8, 4) is 0 Å². The van der Waals surface area contributed by atoms with Crippen LogP contribution >= 0.6 is 0 Å². The number of benzene rings is 2. The zero-order valence-electron chi connectivity index (χ0n) is 10.8. The van der Waals surface area contributed by atoms with Gasteiger partial charge >= 0.3 is 0 Å². The topological polar surface area (TPSA) is 30.2 Å². The van der Waals surface area contributed by atoms with Crippen molar-refractivity contribution in [3.05, 3.63) is 71.2 Å². The first-order chi connectivity index (χ1) is 9.74. The van der Waals surface area contributed by atoms with Crippen LogP contribution in [0.4, 0.5) is 4.39 Å². The fourth-order valence-corrected chi connectivity index (χ4v) is 2.22. The van der Waals surface area contributed by atoms with Gasteiger partial charge in [0.2, 0.25) is 0 Å². The molecule has 0 amide bonds. The molecule has 0 atom stereocenters. The van der Waals surface area contributed by atoms with E-state index in [9.17, 15) is 9.18 Å². The molecule has 3 heteroatoms. The van der Waals surface area contributed by atoms with Crippen LogP contribution in [0, 0.1) is 5.82 Å². The summed E-state index contributed by atoms with van der Waals surface area (Å²) in [5.41, 5.74) is 2.40. The first kappa shape index (κ1) is 12.6. The zero-order valence-corrected chi connectivity index (χ0v) is 10.8. The molecule has 0 spiro atoms. The molecule has 3 aromatic rings. The fourth-order valence-electron chi connectivity index (χ4n) is 2.22. The van der Waals surface area contributed by atoms with Gasteiger partial charge in [-0.25, -0.2) is 4.39 Å². The Balaban J connectivity index is 1.77. The van der Waals surface area contributed by atoms with Gasteiger partial charge in [0, 0.05) is 17.4 Å². The van der Waals surface area contributed by atoms with Crippen molar-refractivity contribution in [2.75, 3.05) is 0 Å². The third kappa shape index (κ3) is 2.62. The third-order valence-electron chi connectivity index (χ3n) is 3.30. The second kappa shape index (κ2) is 5.29. The Morgan fingerprint density at radius 3 is 2.55 bits per heavy atom. The van der Waals surface area contributed by atoms with E-state index in [4.69, 9.17) is 4.42 Å². The molecule has 0 aliphatic rings. The van der Waals surface area contributed by atoms with Crippen LogP contribution in [-0.4, -0.2) is 6.29 Å². The Labute approximate surface area is 115 Å². The maximum Gasteiger partial charge on any atom is 0.150 e. The van der Waals surface area contributed by atoms with E-state index in [1.54, 1.807) is 24.3 Å². The highest BCUT2D eigenvalue weighted by molar-refractivity contribution is 5.85. The van der Waals surface area contributed by atoms with Crippen LogP contribution in [0.25, 0.3) is 11.0 Å². The average molecular weight is 268 g/mol. The number of hydrogen-bond donors (Lipinski definition) is 0. The monoisotopic (exact) mass is 268 g/mol. The number of fused-ring (bicyclic) bond motifs is 1. The van der Waals surface area contributed by atoms with Crippen LogP contribution in [0.1, 0.15) is 21.7 Å². The molecule has 0 radical (unpaired) electrons. The summed E-state index contributed by atoms with van der Waals surface area (Å²) in [4.78, 5) is 10.7. The molecule has 0 bridgehead atoms. The van der Waals surface area contributed by atoms with Crippen LogP contribution in [-0.2, 0) is 12.8 Å². The van der Waals surface area contributed by atoms with Crippen LogP contribution in [0.5, 0.6) is 0 Å². The number of halogens is 1. The van der Waals surface area contributed by atoms with E-state index >= 15 is 0 Å². The lowest BCUT2D eigenvalue weighted by molar-refractivity contribution is 0.112. The number of carbonyl (C=O) groups is 1. The number of aldehydes is 1. The predicted octanol–water partition coefficient (Wildman–Crippen LogP) is 4.17. The summed E-state index contributed by atoms with van der Waals surface area (Å²) >= 11 is 0. The van der Waals surface area contributed by atoms with Crippen molar-refractivity contribution in [1.82, 2.24) is 0 Å². The van der Waals surface area contributed by atoms with Gasteiger partial charge in [-0.15, -0.1) is 0 Å². The van der Waals surface area contributed by atoms with Crippen LogP contribution in [0.15, 0.2) is 52.9 Å². The van der Waals surface area contributed by atoms with Crippen molar-refractivity contribution in [1.29, 1.82) is 0 Å². The lowest BCUT2D eigenvalue weighted by atomic mass is 10.1. The number of rotatable bonds is 4. The van der Waals surface area contributed by atoms with E-state index in [-0.39, 0.29) is 5.82 Å². The van der Waals surface area contributed by atoms with E-state index in [1.165, 1.54) is 12.1 Å². The van der Waals surface area contributed by atoms with Crippen molar-refractivity contribution in [2.24, 2.45) is 0 Å². The van der Waals surface area contributed by atoms with Crippen molar-refractivity contribution in [2.45, 2.75) is 12.8 Å². The molecule has 0 saturated heterocycles. The van der Waals surface area contributed by atoms with E-state index < -0.39 is 0 Å². The summed E-state index contributed by atoms with van der Waals surface area (Å²) < 4.78 is 18.5. The third-order valence-corrected chi connectivity index (χ3v) is 3.30. The van der Waals surface area contributed by atoms with Gasteiger partial charge in [0.05, 0.1) is 0 Å². The number of aryl methyl sites for hydroxylation is 2. The minimum absolute atomic E-state index is 0.223. The molecule has 0 fully saturated rings. The normalized spacial score (nSPS) is 10.8. The summed E-state index contributed by atoms with van der Waals surface area (Å²) in [5.74, 6) is 0.645. The molecule has 0 saturated carbocycles. The van der Waals surface area contributed by atoms with Gasteiger partial charge in [0.25, 0.3) is 0 Å². The number of furan rings is 1. The minimum Gasteiger partial charge on any atom is -0.461 e. The Morgan fingerprint density at radius 2 is 1.80 bits per heavy atom. The Kier molecular flexibility index (Phi) is 3.33. The van der Waals surface area contributed by atoms with Gasteiger partial charge in [-0.1, -0.05) is 24.3 Å². The molecule has 0 aliphatic carbocycles. The molecule has 3 rings (SSSR count). The van der Waals surface area contributed by atoms with Gasteiger partial charge in [-0.2, -0.15) is 0 Å². The minimum atomic E-state index is -0.223. The lowest BCUT2D eigenvalue weighted by Crippen LogP contribution is -1.89. The SMILES string of the molecule is O=Cc1ccc2cc(CCc3ccc(F)cc3)oc2c1. The van der Waals surface area contributed by atoms with E-state index in [0.717, 1.165) is 41.4 Å². The molecule has 0 unspecified atom stereocenters. The first-order valence-corrected chi connectivity index (χ1v) is 6.47. The molecule has 0 N–H and O–H groups in total. The van der Waals surface area contributed by atoms with Crippen LogP contribution in [0.3, 0.4) is 0 Å². The molecule has 1 heterocycles. The Morgan fingerprint density at radius 1 is 1.00 bits per heavy atom. The van der Waals surface area contributed by atoms with Crippen molar-refractivity contribution >= 4 is 17.3 Å². The average Bonchev–Trinajstić information content (AvgIpc) is 2.88. The molecule has 2 aromatic carbocycles. The highest BCUT2D eigenvalue weighted by atomic mass is 19.1. The molecule has 0 aliphatic heterocycles. The highest BCUT2D eigenvalue weighted by Gasteiger charge is 2.05. The van der Waals surface area contributed by atoms with Gasteiger partial charge in [-0.3, -0.25) is 4.79 Å². The van der Waals surface area contributed by atoms with E-state index in [2.05, 4.69) is 0 Å². The second-order valence-electron chi connectivity index (χ2n) is 4.75. The van der Waals surface area contributed by atoms with Gasteiger partial charge in [0.1, 0.15) is 23.4 Å². The summed E-state index contributed by atoms with van der Waals surface area (Å²) in [6, 6.07) is 13.9. The summed E-state index contributed by atoms with van der Waals surface area (Å²) in [7, 11) is 0. The Hall–Kier alpha value is -2.42. The van der Waals surface area contributed by atoms with Gasteiger partial charge < -0.3 is 4.42 Å². The highest BCUT2D eigenvalue weighted by Crippen LogP contribution is 2.21. The van der Waals surface area contributed by atoms with Crippen LogP contribution < -0.4 is 0 Å². The summed E-state index contributed by atoms with van der Waals surface area (Å²) in [5, 5.41) is 0.990. The molecule has 20 heavy (non-hydrogen) atoms. The second-order valence-corrected chi connectivity index (χ2v) is 4.75. The summed E-state index contributed by atoms with van der Waals surface area (Å²) in [6.45, 7) is 0. The largest absolute Gasteiger partial charge is 0.461 e. The standard InChI is InChI=1S/C17H13FO2/c18-15-6-2-12(3-7-15)4-8-16-10-14-5-1-13(11-19)9-17(14)20-16/h1-3,5-7,9-11H,4,8H2. The first-order valence-electron chi connectivity index (χ1n) is 6.47. The predicted molar refractivity (Wildman–Crippen MR) is 75.4 cm³/mol. The van der Waals surface area contributed by atoms with Gasteiger partial charge in [-0.05, 0) is 36.2 Å². The molecule has 1 aromatic heterocycles. The quantitative estimate of drug-likeness (QED) is 0.665. The molecule has 2 nitrogen and oxygen atoms in total. The fraction of sp³-hybridized carbons (Fsp3) is 0.118. The van der Waals surface area contributed by atoms with Crippen molar-refractivity contribution in [3.63, 3.8) is 0 Å². The Bertz CT molecular complexity index is 741. The molecular formula is C17H13FO2. The van der Waals surface area contributed by atoms with Crippen LogP contribution in [0.2, 0.25) is 0 Å². The molecular weight excluding hydrogens is 255 g/mol. The van der Waals surface area contributed by atoms with Crippen molar-refractivity contribution < 1.29 is 13.6 Å². The van der Waals surface area contributed by atoms with E-state index in [0.29, 0.717) is 5.56 Å². The maximum atomic E-state index is 12.8. The smallest absolute Gasteiger partial charge is 0.150 e. The summed E-state index contributed by atoms with van der Waals surface area (Å²) in [6.07, 6.45) is 2.34.